The quantitative estimate of drug-likeness (QED) is 0.575. The third-order valence-electron chi connectivity index (χ3n) is 3.82. The average molecular weight is 373 g/mol. The van der Waals surface area contributed by atoms with Gasteiger partial charge in [-0.25, -0.2) is 4.79 Å². The zero-order chi connectivity index (χ0) is 19.1. The predicted molar refractivity (Wildman–Crippen MR) is 105 cm³/mol. The molecule has 0 aliphatic rings. The zero-order valence-corrected chi connectivity index (χ0v) is 16.2. The minimum atomic E-state index is -0.400. The highest BCUT2D eigenvalue weighted by Gasteiger charge is 2.22. The molecule has 0 aliphatic carbocycles. The van der Waals surface area contributed by atoms with Crippen LogP contribution in [0, 0.1) is 6.92 Å². The van der Waals surface area contributed by atoms with Crippen molar-refractivity contribution in [3.05, 3.63) is 51.9 Å². The summed E-state index contributed by atoms with van der Waals surface area (Å²) >= 11 is 1.39. The van der Waals surface area contributed by atoms with Crippen molar-refractivity contribution in [2.24, 2.45) is 0 Å². The normalized spacial score (nSPS) is 10.8. The number of anilines is 1. The molecule has 0 radical (unpaired) electrons. The topological polar surface area (TPSA) is 64.6 Å². The number of carbonyl (C=O) groups excluding carboxylic acids is 2. The highest BCUT2D eigenvalue weighted by Crippen LogP contribution is 2.34. The lowest BCUT2D eigenvalue weighted by Gasteiger charge is -2.06. The maximum atomic E-state index is 12.3. The lowest BCUT2D eigenvalue weighted by Crippen LogP contribution is -2.13. The van der Waals surface area contributed by atoms with Crippen molar-refractivity contribution in [2.75, 3.05) is 19.0 Å². The van der Waals surface area contributed by atoms with Crippen LogP contribution in [0.25, 0.3) is 6.08 Å². The molecule has 1 amide bonds. The highest BCUT2D eigenvalue weighted by atomic mass is 32.1. The molecule has 0 spiro atoms. The van der Waals surface area contributed by atoms with Crippen LogP contribution < -0.4 is 10.1 Å². The van der Waals surface area contributed by atoms with E-state index in [1.165, 1.54) is 17.4 Å². The summed E-state index contributed by atoms with van der Waals surface area (Å²) in [6.45, 7) is 5.97. The minimum Gasteiger partial charge on any atom is -0.497 e. The van der Waals surface area contributed by atoms with Crippen molar-refractivity contribution >= 4 is 34.3 Å². The number of benzene rings is 1. The summed E-state index contributed by atoms with van der Waals surface area (Å²) in [5, 5.41) is 3.34. The molecule has 0 saturated carbocycles. The molecule has 0 unspecified atom stereocenters. The Bertz CT molecular complexity index is 806. The number of methoxy groups -OCH3 is 1. The van der Waals surface area contributed by atoms with Gasteiger partial charge in [-0.05, 0) is 49.6 Å². The first-order valence-corrected chi connectivity index (χ1v) is 9.24. The molecule has 1 heterocycles. The molecule has 0 saturated heterocycles. The Labute approximate surface area is 157 Å². The number of amides is 1. The lowest BCUT2D eigenvalue weighted by molar-refractivity contribution is -0.111. The summed E-state index contributed by atoms with van der Waals surface area (Å²) in [7, 11) is 1.60. The first kappa shape index (κ1) is 19.7. The second-order valence-electron chi connectivity index (χ2n) is 5.51. The molecule has 138 valence electrons. The van der Waals surface area contributed by atoms with Gasteiger partial charge in [0.2, 0.25) is 5.91 Å². The van der Waals surface area contributed by atoms with Gasteiger partial charge in [0.1, 0.15) is 10.8 Å². The number of thiophene rings is 1. The smallest absolute Gasteiger partial charge is 0.341 e. The van der Waals surface area contributed by atoms with Crippen LogP contribution in [-0.4, -0.2) is 25.6 Å². The van der Waals surface area contributed by atoms with Crippen molar-refractivity contribution in [3.8, 4) is 5.75 Å². The van der Waals surface area contributed by atoms with E-state index in [0.717, 1.165) is 21.8 Å². The number of esters is 1. The van der Waals surface area contributed by atoms with E-state index in [1.807, 2.05) is 38.1 Å². The molecule has 1 aromatic heterocycles. The number of rotatable bonds is 7. The lowest BCUT2D eigenvalue weighted by atomic mass is 10.1. The van der Waals surface area contributed by atoms with Crippen molar-refractivity contribution in [2.45, 2.75) is 27.2 Å². The van der Waals surface area contributed by atoms with Crippen LogP contribution in [0.4, 0.5) is 5.00 Å². The summed E-state index contributed by atoms with van der Waals surface area (Å²) in [6.07, 6.45) is 3.85. The number of ether oxygens (including phenoxy) is 2. The number of aryl methyl sites for hydroxylation is 1. The van der Waals surface area contributed by atoms with E-state index in [1.54, 1.807) is 20.1 Å². The van der Waals surface area contributed by atoms with Gasteiger partial charge >= 0.3 is 5.97 Å². The Morgan fingerprint density at radius 2 is 1.88 bits per heavy atom. The fourth-order valence-corrected chi connectivity index (χ4v) is 3.69. The molecule has 0 bridgehead atoms. The predicted octanol–water partition coefficient (Wildman–Crippen LogP) is 4.46. The van der Waals surface area contributed by atoms with Crippen molar-refractivity contribution < 1.29 is 19.1 Å². The SMILES string of the molecule is CCOC(=O)c1c(NC(=O)C=Cc2ccc(OC)cc2)sc(C)c1CC. The molecular weight excluding hydrogens is 350 g/mol. The van der Waals surface area contributed by atoms with Crippen LogP contribution in [0.5, 0.6) is 5.75 Å². The maximum Gasteiger partial charge on any atom is 0.341 e. The number of nitrogens with one attached hydrogen (secondary N) is 1. The molecule has 26 heavy (non-hydrogen) atoms. The van der Waals surface area contributed by atoms with Gasteiger partial charge < -0.3 is 14.8 Å². The number of hydrogen-bond donors (Lipinski definition) is 1. The molecule has 5 nitrogen and oxygen atoms in total. The molecule has 6 heteroatoms. The highest BCUT2D eigenvalue weighted by molar-refractivity contribution is 7.16. The monoisotopic (exact) mass is 373 g/mol. The third-order valence-corrected chi connectivity index (χ3v) is 4.88. The van der Waals surface area contributed by atoms with Crippen LogP contribution >= 0.6 is 11.3 Å². The van der Waals surface area contributed by atoms with Crippen LogP contribution in [-0.2, 0) is 16.0 Å². The summed E-state index contributed by atoms with van der Waals surface area (Å²) in [4.78, 5) is 25.6. The first-order chi connectivity index (χ1) is 12.5. The summed E-state index contributed by atoms with van der Waals surface area (Å²) in [5.74, 6) is 0.0604. The van der Waals surface area contributed by atoms with Crippen molar-refractivity contribution in [3.63, 3.8) is 0 Å². The van der Waals surface area contributed by atoms with E-state index in [2.05, 4.69) is 5.32 Å². The standard InChI is InChI=1S/C20H23NO4S/c1-5-16-13(3)26-19(18(16)20(23)25-6-2)21-17(22)12-9-14-7-10-15(24-4)11-8-14/h7-12H,5-6H2,1-4H3,(H,21,22). The Hall–Kier alpha value is -2.60. The number of carbonyl (C=O) groups is 2. The van der Waals surface area contributed by atoms with Crippen LogP contribution in [0.1, 0.15) is 40.2 Å². The van der Waals surface area contributed by atoms with E-state index in [-0.39, 0.29) is 5.91 Å². The van der Waals surface area contributed by atoms with Crippen molar-refractivity contribution in [1.29, 1.82) is 0 Å². The fraction of sp³-hybridized carbons (Fsp3) is 0.300. The van der Waals surface area contributed by atoms with Gasteiger partial charge in [0.15, 0.2) is 0 Å². The first-order valence-electron chi connectivity index (χ1n) is 8.42. The van der Waals surface area contributed by atoms with E-state index >= 15 is 0 Å². The summed E-state index contributed by atoms with van der Waals surface area (Å²) < 4.78 is 10.3. The van der Waals surface area contributed by atoms with E-state index in [9.17, 15) is 9.59 Å². The average Bonchev–Trinajstić information content (AvgIpc) is 2.95. The molecule has 0 aliphatic heterocycles. The molecule has 2 rings (SSSR count). The van der Waals surface area contributed by atoms with Crippen LogP contribution in [0.3, 0.4) is 0 Å². The minimum absolute atomic E-state index is 0.293. The molecular formula is C20H23NO4S. The van der Waals surface area contributed by atoms with Gasteiger partial charge in [-0.15, -0.1) is 11.3 Å². The largest absolute Gasteiger partial charge is 0.497 e. The van der Waals surface area contributed by atoms with Gasteiger partial charge in [0.25, 0.3) is 0 Å². The van der Waals surface area contributed by atoms with E-state index in [0.29, 0.717) is 23.6 Å². The Morgan fingerprint density at radius 3 is 2.46 bits per heavy atom. The van der Waals surface area contributed by atoms with Gasteiger partial charge in [0, 0.05) is 11.0 Å². The molecule has 0 atom stereocenters. The Kier molecular flexibility index (Phi) is 6.97. The maximum absolute atomic E-state index is 12.3. The summed E-state index contributed by atoms with van der Waals surface area (Å²) in [5.41, 5.74) is 2.26. The third kappa shape index (κ3) is 4.73. The van der Waals surface area contributed by atoms with Gasteiger partial charge in [-0.2, -0.15) is 0 Å². The molecule has 0 fully saturated rings. The second kappa shape index (κ2) is 9.20. The van der Waals surface area contributed by atoms with E-state index < -0.39 is 5.97 Å². The number of hydrogen-bond acceptors (Lipinski definition) is 5. The molecule has 1 N–H and O–H groups in total. The van der Waals surface area contributed by atoms with Gasteiger partial charge in [-0.1, -0.05) is 19.1 Å². The van der Waals surface area contributed by atoms with E-state index in [4.69, 9.17) is 9.47 Å². The molecule has 2 aromatic rings. The molecule has 1 aromatic carbocycles. The van der Waals surface area contributed by atoms with Crippen molar-refractivity contribution in [1.82, 2.24) is 0 Å². The van der Waals surface area contributed by atoms with Crippen LogP contribution in [0.15, 0.2) is 30.3 Å². The van der Waals surface area contributed by atoms with Gasteiger partial charge in [-0.3, -0.25) is 4.79 Å². The van der Waals surface area contributed by atoms with Gasteiger partial charge in [0.05, 0.1) is 19.3 Å². The zero-order valence-electron chi connectivity index (χ0n) is 15.4. The Morgan fingerprint density at radius 1 is 1.19 bits per heavy atom. The Balaban J connectivity index is 2.17. The fourth-order valence-electron chi connectivity index (χ4n) is 2.55. The summed E-state index contributed by atoms with van der Waals surface area (Å²) in [6, 6.07) is 7.37. The van der Waals surface area contributed by atoms with Crippen LogP contribution in [0.2, 0.25) is 0 Å². The second-order valence-corrected chi connectivity index (χ2v) is 6.74.